The monoisotopic (exact) mass is 287 g/mol. The number of furan rings is 1. The molecule has 1 heterocycles. The van der Waals surface area contributed by atoms with Gasteiger partial charge in [0.05, 0.1) is 17.5 Å². The van der Waals surface area contributed by atoms with Crippen molar-refractivity contribution in [2.45, 2.75) is 6.61 Å². The number of hydrogen-bond acceptors (Lipinski definition) is 3. The highest BCUT2D eigenvalue weighted by Crippen LogP contribution is 2.27. The van der Waals surface area contributed by atoms with Crippen molar-refractivity contribution in [3.05, 3.63) is 47.4 Å². The Morgan fingerprint density at radius 1 is 1.32 bits per heavy atom. The Bertz CT molecular complexity index is 586. The summed E-state index contributed by atoms with van der Waals surface area (Å²) >= 11 is 5.65. The van der Waals surface area contributed by atoms with Crippen LogP contribution in [0, 0.1) is 0 Å². The molecule has 2 rings (SSSR count). The van der Waals surface area contributed by atoms with Crippen molar-refractivity contribution < 1.29 is 22.7 Å². The Balaban J connectivity index is 2.19. The second kappa shape index (κ2) is 5.71. The molecule has 0 unspecified atom stereocenters. The van der Waals surface area contributed by atoms with E-state index in [1.807, 2.05) is 0 Å². The maximum absolute atomic E-state index is 12.2. The maximum Gasteiger partial charge on any atom is 0.387 e. The summed E-state index contributed by atoms with van der Waals surface area (Å²) in [5.74, 6) is -0.713. The Kier molecular flexibility index (Phi) is 4.01. The Morgan fingerprint density at radius 3 is 2.68 bits per heavy atom. The third kappa shape index (κ3) is 3.23. The summed E-state index contributed by atoms with van der Waals surface area (Å²) in [5.41, 5.74) is 0.221. The first-order chi connectivity index (χ1) is 9.08. The molecule has 4 nitrogen and oxygen atoms in total. The number of halogens is 3. The Labute approximate surface area is 111 Å². The molecule has 0 spiro atoms. The van der Waals surface area contributed by atoms with Crippen molar-refractivity contribution in [1.29, 1.82) is 0 Å². The molecule has 0 fully saturated rings. The van der Waals surface area contributed by atoms with Gasteiger partial charge in [0, 0.05) is 0 Å². The number of para-hydroxylation sites is 2. The van der Waals surface area contributed by atoms with Gasteiger partial charge in [0.25, 0.3) is 5.91 Å². The minimum atomic E-state index is -2.98. The topological polar surface area (TPSA) is 51.5 Å². The number of ether oxygens (including phenoxy) is 1. The molecule has 1 N–H and O–H groups in total. The number of rotatable bonds is 4. The zero-order valence-corrected chi connectivity index (χ0v) is 10.2. The Hall–Kier alpha value is -2.08. The lowest BCUT2D eigenvalue weighted by Crippen LogP contribution is -2.13. The maximum atomic E-state index is 12.2. The first-order valence-electron chi connectivity index (χ1n) is 5.16. The summed E-state index contributed by atoms with van der Waals surface area (Å²) < 4.78 is 33.5. The molecule has 2 aromatic rings. The van der Waals surface area contributed by atoms with E-state index in [9.17, 15) is 13.6 Å². The van der Waals surface area contributed by atoms with Crippen LogP contribution >= 0.6 is 11.6 Å². The first kappa shape index (κ1) is 13.4. The van der Waals surface area contributed by atoms with E-state index in [0.29, 0.717) is 0 Å². The number of carbonyl (C=O) groups excluding carboxylic acids is 1. The number of hydrogen-bond donors (Lipinski definition) is 1. The largest absolute Gasteiger partial charge is 0.452 e. The molecule has 0 aliphatic rings. The Morgan fingerprint density at radius 2 is 2.05 bits per heavy atom. The molecule has 100 valence electrons. The number of anilines is 1. The van der Waals surface area contributed by atoms with Crippen molar-refractivity contribution >= 4 is 23.2 Å². The first-order valence-corrected chi connectivity index (χ1v) is 5.54. The van der Waals surface area contributed by atoms with Gasteiger partial charge < -0.3 is 14.5 Å². The second-order valence-electron chi connectivity index (χ2n) is 3.44. The van der Waals surface area contributed by atoms with Gasteiger partial charge in [0.1, 0.15) is 5.75 Å². The number of amides is 1. The van der Waals surface area contributed by atoms with Crippen LogP contribution in [0.4, 0.5) is 14.5 Å². The molecule has 0 saturated carbocycles. The van der Waals surface area contributed by atoms with E-state index in [1.165, 1.54) is 30.5 Å². The summed E-state index contributed by atoms with van der Waals surface area (Å²) in [6, 6.07) is 7.21. The van der Waals surface area contributed by atoms with E-state index in [2.05, 4.69) is 10.1 Å². The van der Waals surface area contributed by atoms with Crippen LogP contribution in [-0.4, -0.2) is 12.5 Å². The van der Waals surface area contributed by atoms with Crippen LogP contribution in [0.25, 0.3) is 0 Å². The van der Waals surface area contributed by atoms with Crippen molar-refractivity contribution in [3.63, 3.8) is 0 Å². The second-order valence-corrected chi connectivity index (χ2v) is 3.78. The van der Waals surface area contributed by atoms with E-state index in [-0.39, 0.29) is 22.2 Å². The van der Waals surface area contributed by atoms with E-state index in [4.69, 9.17) is 16.0 Å². The molecular formula is C12H8ClF2NO3. The highest BCUT2D eigenvalue weighted by molar-refractivity contribution is 6.32. The predicted molar refractivity (Wildman–Crippen MR) is 64.7 cm³/mol. The van der Waals surface area contributed by atoms with Crippen LogP contribution in [0.2, 0.25) is 5.22 Å². The quantitative estimate of drug-likeness (QED) is 0.931. The zero-order chi connectivity index (χ0) is 13.8. The van der Waals surface area contributed by atoms with Crippen LogP contribution in [0.5, 0.6) is 5.75 Å². The molecule has 19 heavy (non-hydrogen) atoms. The van der Waals surface area contributed by atoms with Crippen LogP contribution in [0.1, 0.15) is 10.4 Å². The van der Waals surface area contributed by atoms with Gasteiger partial charge in [0.15, 0.2) is 0 Å². The van der Waals surface area contributed by atoms with Gasteiger partial charge in [-0.05, 0) is 29.8 Å². The van der Waals surface area contributed by atoms with Gasteiger partial charge in [-0.3, -0.25) is 4.79 Å². The molecule has 1 aromatic carbocycles. The lowest BCUT2D eigenvalue weighted by atomic mass is 10.2. The molecule has 0 saturated heterocycles. The molecule has 0 radical (unpaired) electrons. The average molecular weight is 288 g/mol. The normalized spacial score (nSPS) is 10.5. The SMILES string of the molecule is O=C(Nc1ccccc1OC(F)F)c1ccoc1Cl. The summed E-state index contributed by atoms with van der Waals surface area (Å²) in [7, 11) is 0. The van der Waals surface area contributed by atoms with Crippen LogP contribution in [-0.2, 0) is 0 Å². The smallest absolute Gasteiger partial charge is 0.387 e. The molecule has 1 aromatic heterocycles. The minimum absolute atomic E-state index is 0.0789. The molecule has 0 bridgehead atoms. The van der Waals surface area contributed by atoms with E-state index < -0.39 is 12.5 Å². The van der Waals surface area contributed by atoms with Gasteiger partial charge >= 0.3 is 6.61 Å². The number of carbonyl (C=O) groups is 1. The lowest BCUT2D eigenvalue weighted by Gasteiger charge is -2.11. The van der Waals surface area contributed by atoms with Crippen molar-refractivity contribution in [2.75, 3.05) is 5.32 Å². The van der Waals surface area contributed by atoms with Gasteiger partial charge in [-0.25, -0.2) is 0 Å². The van der Waals surface area contributed by atoms with Crippen LogP contribution in [0.15, 0.2) is 41.0 Å². The van der Waals surface area contributed by atoms with Crippen molar-refractivity contribution in [3.8, 4) is 5.75 Å². The summed E-state index contributed by atoms with van der Waals surface area (Å²) in [4.78, 5) is 11.8. The van der Waals surface area contributed by atoms with Crippen LogP contribution < -0.4 is 10.1 Å². The lowest BCUT2D eigenvalue weighted by molar-refractivity contribution is -0.0493. The van der Waals surface area contributed by atoms with Gasteiger partial charge in [0.2, 0.25) is 5.22 Å². The fourth-order valence-electron chi connectivity index (χ4n) is 1.41. The third-order valence-corrected chi connectivity index (χ3v) is 2.51. The molecule has 0 atom stereocenters. The zero-order valence-electron chi connectivity index (χ0n) is 9.40. The number of benzene rings is 1. The molecular weight excluding hydrogens is 280 g/mol. The third-order valence-electron chi connectivity index (χ3n) is 2.21. The van der Waals surface area contributed by atoms with Crippen molar-refractivity contribution in [1.82, 2.24) is 0 Å². The van der Waals surface area contributed by atoms with Gasteiger partial charge in [-0.15, -0.1) is 0 Å². The summed E-state index contributed by atoms with van der Waals surface area (Å²) in [6.45, 7) is -2.98. The van der Waals surface area contributed by atoms with Crippen LogP contribution in [0.3, 0.4) is 0 Å². The average Bonchev–Trinajstić information content (AvgIpc) is 2.77. The van der Waals surface area contributed by atoms with E-state index in [0.717, 1.165) is 0 Å². The summed E-state index contributed by atoms with van der Waals surface area (Å²) in [5, 5.41) is 2.34. The number of alkyl halides is 2. The molecule has 7 heteroatoms. The van der Waals surface area contributed by atoms with Crippen molar-refractivity contribution in [2.24, 2.45) is 0 Å². The standard InChI is InChI=1S/C12H8ClF2NO3/c13-10-7(5-6-18-10)11(17)16-8-3-1-2-4-9(8)19-12(14)15/h1-6,12H,(H,16,17). The highest BCUT2D eigenvalue weighted by Gasteiger charge is 2.16. The summed E-state index contributed by atoms with van der Waals surface area (Å²) in [6.07, 6.45) is 1.25. The molecule has 0 aliphatic carbocycles. The molecule has 1 amide bonds. The highest BCUT2D eigenvalue weighted by atomic mass is 35.5. The van der Waals surface area contributed by atoms with E-state index >= 15 is 0 Å². The fraction of sp³-hybridized carbons (Fsp3) is 0.0833. The fourth-order valence-corrected chi connectivity index (χ4v) is 1.61. The molecule has 0 aliphatic heterocycles. The predicted octanol–water partition coefficient (Wildman–Crippen LogP) is 3.79. The minimum Gasteiger partial charge on any atom is -0.452 e. The van der Waals surface area contributed by atoms with E-state index in [1.54, 1.807) is 6.07 Å². The van der Waals surface area contributed by atoms with Gasteiger partial charge in [-0.2, -0.15) is 8.78 Å². The van der Waals surface area contributed by atoms with Gasteiger partial charge in [-0.1, -0.05) is 12.1 Å². The number of nitrogens with one attached hydrogen (secondary N) is 1.